The van der Waals surface area contributed by atoms with Crippen LogP contribution in [0.5, 0.6) is 0 Å². The molecule has 3 rings (SSSR count). The average molecular weight is 368 g/mol. The summed E-state index contributed by atoms with van der Waals surface area (Å²) >= 11 is 13.2. The van der Waals surface area contributed by atoms with E-state index in [2.05, 4.69) is 15.5 Å². The molecule has 0 spiro atoms. The number of nitrogens with one attached hydrogen (secondary N) is 1. The zero-order chi connectivity index (χ0) is 16.2. The maximum absolute atomic E-state index is 12.1. The maximum Gasteiger partial charge on any atom is 0.234 e. The first-order chi connectivity index (χ1) is 11.1. The summed E-state index contributed by atoms with van der Waals surface area (Å²) in [6, 6.07) is 8.86. The van der Waals surface area contributed by atoms with Gasteiger partial charge in [0.05, 0.1) is 21.5 Å². The highest BCUT2D eigenvalue weighted by Crippen LogP contribution is 2.29. The van der Waals surface area contributed by atoms with E-state index in [-0.39, 0.29) is 11.7 Å². The Bertz CT molecular complexity index is 818. The molecule has 1 amide bonds. The van der Waals surface area contributed by atoms with Gasteiger partial charge in [0.25, 0.3) is 0 Å². The van der Waals surface area contributed by atoms with Crippen molar-refractivity contribution in [3.05, 3.63) is 59.1 Å². The quantitative estimate of drug-likeness (QED) is 0.701. The largest absolute Gasteiger partial charge is 0.324 e. The monoisotopic (exact) mass is 367 g/mol. The highest BCUT2D eigenvalue weighted by molar-refractivity contribution is 7.99. The van der Waals surface area contributed by atoms with Gasteiger partial charge in [-0.05, 0) is 24.3 Å². The molecule has 0 saturated carbocycles. The third-order valence-corrected chi connectivity index (χ3v) is 4.65. The third kappa shape index (κ3) is 3.69. The van der Waals surface area contributed by atoms with Gasteiger partial charge in [0.1, 0.15) is 6.33 Å². The molecule has 0 radical (unpaired) electrons. The first kappa shape index (κ1) is 15.9. The number of nitrogens with zero attached hydrogens (tertiary/aromatic N) is 4. The Balaban J connectivity index is 1.64. The molecule has 0 fully saturated rings. The summed E-state index contributed by atoms with van der Waals surface area (Å²) in [5.74, 6) is -0.0378. The fraction of sp³-hybridized carbons (Fsp3) is 0.0714. The van der Waals surface area contributed by atoms with Gasteiger partial charge < -0.3 is 5.32 Å². The zero-order valence-corrected chi connectivity index (χ0v) is 14.0. The van der Waals surface area contributed by atoms with Gasteiger partial charge in [-0.3, -0.25) is 9.47 Å². The van der Waals surface area contributed by atoms with Crippen LogP contribution in [-0.2, 0) is 4.79 Å². The van der Waals surface area contributed by atoms with E-state index in [0.717, 1.165) is 0 Å². The van der Waals surface area contributed by atoms with E-state index in [4.69, 9.17) is 23.2 Å². The molecule has 2 aromatic heterocycles. The van der Waals surface area contributed by atoms with Crippen LogP contribution in [0.1, 0.15) is 0 Å². The van der Waals surface area contributed by atoms with Crippen molar-refractivity contribution in [1.82, 2.24) is 19.5 Å². The number of hydrogen-bond acceptors (Lipinski definition) is 4. The minimum absolute atomic E-state index is 0.169. The highest BCUT2D eigenvalue weighted by atomic mass is 35.5. The smallest absolute Gasteiger partial charge is 0.234 e. The van der Waals surface area contributed by atoms with E-state index < -0.39 is 0 Å². The number of thioether (sulfide) groups is 1. The Morgan fingerprint density at radius 3 is 2.78 bits per heavy atom. The van der Waals surface area contributed by atoms with Crippen LogP contribution < -0.4 is 5.32 Å². The van der Waals surface area contributed by atoms with E-state index in [1.807, 2.05) is 29.2 Å². The van der Waals surface area contributed by atoms with Crippen molar-refractivity contribution in [2.75, 3.05) is 11.1 Å². The van der Waals surface area contributed by atoms with Crippen molar-refractivity contribution in [3.8, 4) is 0 Å². The topological polar surface area (TPSA) is 64.7 Å². The second-order valence-electron chi connectivity index (χ2n) is 4.46. The minimum atomic E-state index is -0.207. The molecule has 1 N–H and O–H groups in total. The molecule has 2 heterocycles. The molecule has 3 aromatic rings. The van der Waals surface area contributed by atoms with Crippen molar-refractivity contribution in [3.63, 3.8) is 0 Å². The van der Waals surface area contributed by atoms with Gasteiger partial charge in [-0.15, -0.1) is 10.2 Å². The van der Waals surface area contributed by atoms with Crippen LogP contribution in [0.15, 0.2) is 54.2 Å². The van der Waals surface area contributed by atoms with Crippen molar-refractivity contribution in [2.45, 2.75) is 5.16 Å². The molecular weight excluding hydrogens is 357 g/mol. The lowest BCUT2D eigenvalue weighted by Gasteiger charge is -2.09. The van der Waals surface area contributed by atoms with Gasteiger partial charge in [0, 0.05) is 12.4 Å². The van der Waals surface area contributed by atoms with Gasteiger partial charge in [0.15, 0.2) is 0 Å². The lowest BCUT2D eigenvalue weighted by atomic mass is 10.3. The Hall–Kier alpha value is -1.96. The molecule has 1 aromatic carbocycles. The molecule has 0 saturated heterocycles. The molecule has 9 heteroatoms. The Morgan fingerprint density at radius 1 is 1.22 bits per heavy atom. The van der Waals surface area contributed by atoms with Crippen LogP contribution in [0.3, 0.4) is 0 Å². The first-order valence-electron chi connectivity index (χ1n) is 6.55. The predicted molar refractivity (Wildman–Crippen MR) is 91.1 cm³/mol. The fourth-order valence-electron chi connectivity index (χ4n) is 1.86. The van der Waals surface area contributed by atoms with E-state index in [9.17, 15) is 4.79 Å². The summed E-state index contributed by atoms with van der Waals surface area (Å²) in [7, 11) is 0. The van der Waals surface area contributed by atoms with E-state index >= 15 is 0 Å². The Morgan fingerprint density at radius 2 is 2.00 bits per heavy atom. The number of rotatable bonds is 5. The summed E-state index contributed by atoms with van der Waals surface area (Å²) in [5.41, 5.74) is 0.483. The van der Waals surface area contributed by atoms with Crippen LogP contribution >= 0.6 is 35.0 Å². The van der Waals surface area contributed by atoms with Crippen molar-refractivity contribution in [1.29, 1.82) is 0 Å². The lowest BCUT2D eigenvalue weighted by Crippen LogP contribution is -2.15. The van der Waals surface area contributed by atoms with Crippen molar-refractivity contribution in [2.24, 2.45) is 0 Å². The SMILES string of the molecule is O=C(CSc1nncn1-n1cccc1)Nc1cccc(Cl)c1Cl. The third-order valence-electron chi connectivity index (χ3n) is 2.90. The molecule has 118 valence electrons. The van der Waals surface area contributed by atoms with Crippen LogP contribution in [0.2, 0.25) is 10.0 Å². The van der Waals surface area contributed by atoms with Crippen LogP contribution in [0.4, 0.5) is 5.69 Å². The molecule has 0 aliphatic heterocycles. The molecule has 0 aliphatic carbocycles. The van der Waals surface area contributed by atoms with Crippen LogP contribution in [-0.4, -0.2) is 31.2 Å². The number of aromatic nitrogens is 4. The van der Waals surface area contributed by atoms with Gasteiger partial charge in [0.2, 0.25) is 11.1 Å². The van der Waals surface area contributed by atoms with E-state index in [1.54, 1.807) is 29.2 Å². The standard InChI is InChI=1S/C14H11Cl2N5OS/c15-10-4-3-5-11(13(10)16)18-12(22)8-23-14-19-17-9-21(14)20-6-1-2-7-20/h1-7,9H,8H2,(H,18,22). The molecular formula is C14H11Cl2N5OS. The maximum atomic E-state index is 12.1. The second-order valence-corrected chi connectivity index (χ2v) is 6.19. The number of carbonyl (C=O) groups excluding carboxylic acids is 1. The Kier molecular flexibility index (Phi) is 4.90. The summed E-state index contributed by atoms with van der Waals surface area (Å²) in [6.45, 7) is 0. The predicted octanol–water partition coefficient (Wildman–Crippen LogP) is 3.43. The summed E-state index contributed by atoms with van der Waals surface area (Å²) in [5, 5.41) is 11.9. The number of halogens is 2. The molecule has 0 atom stereocenters. The molecule has 23 heavy (non-hydrogen) atoms. The number of carbonyl (C=O) groups is 1. The normalized spacial score (nSPS) is 10.7. The number of amides is 1. The van der Waals surface area contributed by atoms with Gasteiger partial charge in [-0.2, -0.15) is 0 Å². The highest BCUT2D eigenvalue weighted by Gasteiger charge is 2.12. The molecule has 0 aliphatic rings. The second kappa shape index (κ2) is 7.08. The number of hydrogen-bond donors (Lipinski definition) is 1. The summed E-state index contributed by atoms with van der Waals surface area (Å²) < 4.78 is 3.55. The Labute approximate surface area is 146 Å². The molecule has 6 nitrogen and oxygen atoms in total. The average Bonchev–Trinajstić information content (AvgIpc) is 3.20. The lowest BCUT2D eigenvalue weighted by molar-refractivity contribution is -0.113. The van der Waals surface area contributed by atoms with Gasteiger partial charge >= 0.3 is 0 Å². The molecule has 0 unspecified atom stereocenters. The zero-order valence-electron chi connectivity index (χ0n) is 11.7. The molecule has 0 bridgehead atoms. The minimum Gasteiger partial charge on any atom is -0.324 e. The number of benzene rings is 1. The van der Waals surface area contributed by atoms with Crippen molar-refractivity contribution >= 4 is 46.6 Å². The first-order valence-corrected chi connectivity index (χ1v) is 8.29. The fourth-order valence-corrected chi connectivity index (χ4v) is 2.92. The van der Waals surface area contributed by atoms with E-state index in [0.29, 0.717) is 20.9 Å². The summed E-state index contributed by atoms with van der Waals surface area (Å²) in [6.07, 6.45) is 5.30. The van der Waals surface area contributed by atoms with E-state index in [1.165, 1.54) is 11.8 Å². The summed E-state index contributed by atoms with van der Waals surface area (Å²) in [4.78, 5) is 12.1. The van der Waals surface area contributed by atoms with Crippen molar-refractivity contribution < 1.29 is 4.79 Å². The number of anilines is 1. The van der Waals surface area contributed by atoms with Gasteiger partial charge in [-0.25, -0.2) is 4.68 Å². The van der Waals surface area contributed by atoms with Crippen LogP contribution in [0.25, 0.3) is 0 Å². The van der Waals surface area contributed by atoms with Gasteiger partial charge in [-0.1, -0.05) is 41.0 Å². The van der Waals surface area contributed by atoms with Crippen LogP contribution in [0, 0.1) is 0 Å².